The highest BCUT2D eigenvalue weighted by Crippen LogP contribution is 2.38. The van der Waals surface area contributed by atoms with Crippen LogP contribution < -0.4 is 10.2 Å². The molecule has 0 radical (unpaired) electrons. The molecule has 158 valence electrons. The van der Waals surface area contributed by atoms with Crippen molar-refractivity contribution in [3.8, 4) is 0 Å². The van der Waals surface area contributed by atoms with E-state index in [4.69, 9.17) is 0 Å². The van der Waals surface area contributed by atoms with Gasteiger partial charge in [0.15, 0.2) is 0 Å². The molecule has 1 aromatic heterocycles. The van der Waals surface area contributed by atoms with Gasteiger partial charge in [-0.25, -0.2) is 0 Å². The predicted molar refractivity (Wildman–Crippen MR) is 108 cm³/mol. The van der Waals surface area contributed by atoms with Gasteiger partial charge in [-0.15, -0.1) is 0 Å². The van der Waals surface area contributed by atoms with E-state index < -0.39 is 11.7 Å². The number of benzene rings is 1. The van der Waals surface area contributed by atoms with Gasteiger partial charge in [-0.1, -0.05) is 6.92 Å². The maximum atomic E-state index is 13.4. The van der Waals surface area contributed by atoms with Crippen LogP contribution in [-0.2, 0) is 11.0 Å². The normalized spacial score (nSPS) is 21.4. The molecule has 0 bridgehead atoms. The molecule has 3 rings (SSSR count). The number of hydrogen-bond donors (Lipinski definition) is 1. The first-order chi connectivity index (χ1) is 13.6. The molecule has 1 saturated heterocycles. The summed E-state index contributed by atoms with van der Waals surface area (Å²) in [6, 6.07) is 5.63. The lowest BCUT2D eigenvalue weighted by Crippen LogP contribution is -2.53. The summed E-state index contributed by atoms with van der Waals surface area (Å²) >= 11 is 0. The van der Waals surface area contributed by atoms with Gasteiger partial charge in [-0.3, -0.25) is 14.7 Å². The summed E-state index contributed by atoms with van der Waals surface area (Å²) in [5, 5.41) is 3.57. The maximum Gasteiger partial charge on any atom is 0.418 e. The fourth-order valence-corrected chi connectivity index (χ4v) is 3.87. The summed E-state index contributed by atoms with van der Waals surface area (Å²) < 4.78 is 40.2. The Morgan fingerprint density at radius 2 is 2.00 bits per heavy atom. The molecule has 1 aliphatic heterocycles. The van der Waals surface area contributed by atoms with Crippen molar-refractivity contribution in [3.05, 3.63) is 36.0 Å². The number of hydrogen-bond acceptors (Lipinski definition) is 4. The number of amides is 1. The first-order valence-electron chi connectivity index (χ1n) is 9.74. The Labute approximate surface area is 168 Å². The third-order valence-electron chi connectivity index (χ3n) is 5.55. The lowest BCUT2D eigenvalue weighted by molar-refractivity contribution is -0.136. The number of aromatic nitrogens is 1. The van der Waals surface area contributed by atoms with E-state index in [0.717, 1.165) is 12.5 Å². The molecule has 2 aromatic rings. The van der Waals surface area contributed by atoms with Crippen molar-refractivity contribution < 1.29 is 18.0 Å². The molecule has 29 heavy (non-hydrogen) atoms. The van der Waals surface area contributed by atoms with E-state index in [1.54, 1.807) is 12.1 Å². The Morgan fingerprint density at radius 3 is 2.66 bits per heavy atom. The summed E-state index contributed by atoms with van der Waals surface area (Å²) in [6.07, 6.45) is -2.25. The van der Waals surface area contributed by atoms with Crippen molar-refractivity contribution in [1.82, 2.24) is 15.2 Å². The van der Waals surface area contributed by atoms with E-state index in [1.165, 1.54) is 12.3 Å². The van der Waals surface area contributed by atoms with Crippen LogP contribution in [0.1, 0.15) is 25.8 Å². The molecule has 8 heteroatoms. The number of rotatable bonds is 4. The number of carbonyl (C=O) groups excluding carboxylic acids is 1. The number of pyridine rings is 1. The van der Waals surface area contributed by atoms with E-state index >= 15 is 0 Å². The Bertz CT molecular complexity index is 884. The summed E-state index contributed by atoms with van der Waals surface area (Å²) in [7, 11) is 3.70. The van der Waals surface area contributed by atoms with E-state index in [-0.39, 0.29) is 29.4 Å². The van der Waals surface area contributed by atoms with E-state index in [2.05, 4.69) is 22.1 Å². The molecular formula is C21H27F3N4O. The van der Waals surface area contributed by atoms with Gasteiger partial charge in [0.1, 0.15) is 0 Å². The van der Waals surface area contributed by atoms with Gasteiger partial charge >= 0.3 is 6.18 Å². The van der Waals surface area contributed by atoms with E-state index in [9.17, 15) is 18.0 Å². The molecule has 0 spiro atoms. The Kier molecular flexibility index (Phi) is 6.03. The van der Waals surface area contributed by atoms with Crippen molar-refractivity contribution in [2.24, 2.45) is 5.92 Å². The fourth-order valence-electron chi connectivity index (χ4n) is 3.87. The monoisotopic (exact) mass is 408 g/mol. The van der Waals surface area contributed by atoms with Crippen LogP contribution in [0.25, 0.3) is 10.9 Å². The number of nitrogens with zero attached hydrogens (tertiary/aromatic N) is 3. The zero-order valence-corrected chi connectivity index (χ0v) is 17.1. The number of carbonyl (C=O) groups is 1. The molecule has 1 aliphatic rings. The Hall–Kier alpha value is -2.35. The average Bonchev–Trinajstić information content (AvgIpc) is 2.65. The SMILES string of the molecule is CC(C(=O)N[C@@H]1C[C@H](C)CN(c2ccc(C(F)(F)F)c3ncccc23)C1)N(C)C. The highest BCUT2D eigenvalue weighted by molar-refractivity contribution is 5.94. The van der Waals surface area contributed by atoms with Crippen LogP contribution >= 0.6 is 0 Å². The van der Waals surface area contributed by atoms with Crippen LogP contribution in [0.2, 0.25) is 0 Å². The summed E-state index contributed by atoms with van der Waals surface area (Å²) in [5.74, 6) is 0.241. The van der Waals surface area contributed by atoms with Crippen molar-refractivity contribution in [3.63, 3.8) is 0 Å². The molecule has 1 unspecified atom stereocenters. The third-order valence-corrected chi connectivity index (χ3v) is 5.55. The highest BCUT2D eigenvalue weighted by Gasteiger charge is 2.35. The van der Waals surface area contributed by atoms with E-state index in [0.29, 0.717) is 24.2 Å². The smallest absolute Gasteiger partial charge is 0.369 e. The van der Waals surface area contributed by atoms with Gasteiger partial charge < -0.3 is 10.2 Å². The van der Waals surface area contributed by atoms with Crippen LogP contribution in [0.5, 0.6) is 0 Å². The van der Waals surface area contributed by atoms with Gasteiger partial charge in [0.05, 0.1) is 17.1 Å². The zero-order valence-electron chi connectivity index (χ0n) is 17.1. The van der Waals surface area contributed by atoms with Crippen LogP contribution in [-0.4, -0.2) is 55.1 Å². The van der Waals surface area contributed by atoms with Crippen molar-refractivity contribution in [2.75, 3.05) is 32.1 Å². The van der Waals surface area contributed by atoms with Gasteiger partial charge in [0.25, 0.3) is 0 Å². The molecule has 1 fully saturated rings. The van der Waals surface area contributed by atoms with E-state index in [1.807, 2.05) is 25.9 Å². The number of fused-ring (bicyclic) bond motifs is 1. The maximum absolute atomic E-state index is 13.4. The fraction of sp³-hybridized carbons (Fsp3) is 0.524. The topological polar surface area (TPSA) is 48.5 Å². The minimum absolute atomic E-state index is 0.0439. The number of piperidine rings is 1. The average molecular weight is 408 g/mol. The lowest BCUT2D eigenvalue weighted by Gasteiger charge is -2.39. The second-order valence-electron chi connectivity index (χ2n) is 8.12. The Morgan fingerprint density at radius 1 is 1.28 bits per heavy atom. The highest BCUT2D eigenvalue weighted by atomic mass is 19.4. The molecule has 1 aromatic carbocycles. The molecule has 1 N–H and O–H groups in total. The molecule has 2 heterocycles. The van der Waals surface area contributed by atoms with Crippen molar-refractivity contribution >= 4 is 22.5 Å². The number of alkyl halides is 3. The molecule has 3 atom stereocenters. The van der Waals surface area contributed by atoms with Crippen molar-refractivity contribution in [2.45, 2.75) is 38.5 Å². The van der Waals surface area contributed by atoms with Gasteiger partial charge in [-0.05, 0) is 57.6 Å². The third kappa shape index (κ3) is 4.63. The molecule has 5 nitrogen and oxygen atoms in total. The number of nitrogens with one attached hydrogen (secondary N) is 1. The largest absolute Gasteiger partial charge is 0.418 e. The minimum Gasteiger partial charge on any atom is -0.369 e. The second kappa shape index (κ2) is 8.18. The first-order valence-corrected chi connectivity index (χ1v) is 9.74. The summed E-state index contributed by atoms with van der Waals surface area (Å²) in [5.41, 5.74) is -0.0586. The Balaban J connectivity index is 1.90. The van der Waals surface area contributed by atoms with Crippen LogP contribution in [0.4, 0.5) is 18.9 Å². The van der Waals surface area contributed by atoms with Crippen LogP contribution in [0.15, 0.2) is 30.5 Å². The molecule has 1 amide bonds. The number of halogens is 3. The summed E-state index contributed by atoms with van der Waals surface area (Å²) in [6.45, 7) is 5.19. The van der Waals surface area contributed by atoms with Crippen molar-refractivity contribution in [1.29, 1.82) is 0 Å². The molecular weight excluding hydrogens is 381 g/mol. The van der Waals surface area contributed by atoms with Crippen LogP contribution in [0, 0.1) is 5.92 Å². The second-order valence-corrected chi connectivity index (χ2v) is 8.12. The molecule has 0 saturated carbocycles. The predicted octanol–water partition coefficient (Wildman–Crippen LogP) is 3.53. The van der Waals surface area contributed by atoms with Crippen LogP contribution in [0.3, 0.4) is 0 Å². The van der Waals surface area contributed by atoms with Gasteiger partial charge in [0.2, 0.25) is 5.91 Å². The number of anilines is 1. The minimum atomic E-state index is -4.46. The molecule has 0 aliphatic carbocycles. The van der Waals surface area contributed by atoms with Gasteiger partial charge in [-0.2, -0.15) is 13.2 Å². The number of likely N-dealkylation sites (N-methyl/N-ethyl adjacent to an activating group) is 1. The lowest BCUT2D eigenvalue weighted by atomic mass is 9.94. The zero-order chi connectivity index (χ0) is 21.3. The summed E-state index contributed by atoms with van der Waals surface area (Å²) in [4.78, 5) is 20.4. The first kappa shape index (κ1) is 21.4. The van der Waals surface area contributed by atoms with Gasteiger partial charge in [0, 0.05) is 36.4 Å². The quantitative estimate of drug-likeness (QED) is 0.841. The standard InChI is InChI=1S/C21H27F3N4O/c1-13-10-15(26-20(29)14(2)27(3)4)12-28(11-13)18-8-7-17(21(22,23)24)19-16(18)6-5-9-25-19/h5-9,13-15H,10-12H2,1-4H3,(H,26,29)/t13-,14?,15+/m0/s1.